The van der Waals surface area contributed by atoms with Crippen LogP contribution in [0.5, 0.6) is 0 Å². The van der Waals surface area contributed by atoms with E-state index >= 15 is 0 Å². The average Bonchev–Trinajstić information content (AvgIpc) is 3.16. The van der Waals surface area contributed by atoms with E-state index in [2.05, 4.69) is 34.5 Å². The van der Waals surface area contributed by atoms with Crippen molar-refractivity contribution in [1.29, 1.82) is 0 Å². The van der Waals surface area contributed by atoms with Crippen molar-refractivity contribution in [2.24, 2.45) is 4.99 Å². The lowest BCUT2D eigenvalue weighted by molar-refractivity contribution is 0.503. The predicted octanol–water partition coefficient (Wildman–Crippen LogP) is 3.18. The maximum Gasteiger partial charge on any atom is 0.193 e. The largest absolute Gasteiger partial charge is 0.356 e. The summed E-state index contributed by atoms with van der Waals surface area (Å²) in [4.78, 5) is 9.77. The first-order valence-corrected chi connectivity index (χ1v) is 8.97. The molecule has 7 heteroatoms. The second kappa shape index (κ2) is 7.23. The Bertz CT molecular complexity index is 852. The second-order valence-corrected chi connectivity index (χ2v) is 7.37. The summed E-state index contributed by atoms with van der Waals surface area (Å²) in [6.45, 7) is 5.37. The normalized spacial score (nSPS) is 12.6. The summed E-state index contributed by atoms with van der Waals surface area (Å²) in [5.74, 6) is 0.480. The SMILES string of the molecule is CN=C(NCc1cn2ccsc2n1)NCC(C)(C)c1cccc(F)c1. The number of benzene rings is 1. The molecular formula is C18H22FN5S. The summed E-state index contributed by atoms with van der Waals surface area (Å²) in [5, 5.41) is 8.58. The Kier molecular flexibility index (Phi) is 5.03. The molecule has 0 aliphatic carbocycles. The van der Waals surface area contributed by atoms with Crippen LogP contribution < -0.4 is 10.6 Å². The van der Waals surface area contributed by atoms with Gasteiger partial charge in [-0.05, 0) is 17.7 Å². The Morgan fingerprint density at radius 1 is 1.36 bits per heavy atom. The number of rotatable bonds is 5. The van der Waals surface area contributed by atoms with Gasteiger partial charge in [0.2, 0.25) is 0 Å². The minimum Gasteiger partial charge on any atom is -0.356 e. The van der Waals surface area contributed by atoms with Gasteiger partial charge in [0.15, 0.2) is 10.9 Å². The van der Waals surface area contributed by atoms with Gasteiger partial charge in [-0.1, -0.05) is 26.0 Å². The van der Waals surface area contributed by atoms with Crippen molar-refractivity contribution in [3.8, 4) is 0 Å². The molecule has 2 aromatic heterocycles. The van der Waals surface area contributed by atoms with Crippen molar-refractivity contribution in [3.05, 3.63) is 59.1 Å². The van der Waals surface area contributed by atoms with Gasteiger partial charge < -0.3 is 10.6 Å². The van der Waals surface area contributed by atoms with E-state index in [4.69, 9.17) is 0 Å². The fourth-order valence-corrected chi connectivity index (χ4v) is 3.29. The number of imidazole rings is 1. The molecule has 0 saturated heterocycles. The van der Waals surface area contributed by atoms with E-state index in [0.717, 1.165) is 16.2 Å². The summed E-state index contributed by atoms with van der Waals surface area (Å²) < 4.78 is 15.5. The smallest absolute Gasteiger partial charge is 0.193 e. The third-order valence-corrected chi connectivity index (χ3v) is 4.88. The molecule has 132 valence electrons. The first kappa shape index (κ1) is 17.4. The van der Waals surface area contributed by atoms with Crippen molar-refractivity contribution >= 4 is 22.3 Å². The Balaban J connectivity index is 1.57. The summed E-state index contributed by atoms with van der Waals surface area (Å²) in [5.41, 5.74) is 1.68. The molecule has 3 aromatic rings. The van der Waals surface area contributed by atoms with Gasteiger partial charge in [0, 0.05) is 36.8 Å². The third kappa shape index (κ3) is 4.17. The molecule has 0 aliphatic rings. The fourth-order valence-electron chi connectivity index (χ4n) is 2.57. The van der Waals surface area contributed by atoms with Crippen molar-refractivity contribution in [2.75, 3.05) is 13.6 Å². The number of aromatic nitrogens is 2. The number of guanidine groups is 1. The van der Waals surface area contributed by atoms with Crippen LogP contribution in [-0.2, 0) is 12.0 Å². The summed E-state index contributed by atoms with van der Waals surface area (Å²) in [6.07, 6.45) is 3.99. The van der Waals surface area contributed by atoms with Crippen LogP contribution in [0, 0.1) is 5.82 Å². The molecule has 0 radical (unpaired) electrons. The lowest BCUT2D eigenvalue weighted by Gasteiger charge is -2.26. The zero-order valence-corrected chi connectivity index (χ0v) is 15.4. The van der Waals surface area contributed by atoms with E-state index < -0.39 is 0 Å². The number of halogens is 1. The number of nitrogens with one attached hydrogen (secondary N) is 2. The highest BCUT2D eigenvalue weighted by atomic mass is 32.1. The van der Waals surface area contributed by atoms with Gasteiger partial charge in [-0.25, -0.2) is 9.37 Å². The Morgan fingerprint density at radius 2 is 2.20 bits per heavy atom. The average molecular weight is 359 g/mol. The quantitative estimate of drug-likeness (QED) is 0.543. The second-order valence-electron chi connectivity index (χ2n) is 6.50. The van der Waals surface area contributed by atoms with E-state index in [1.807, 2.05) is 28.2 Å². The molecule has 0 spiro atoms. The van der Waals surface area contributed by atoms with Gasteiger partial charge in [-0.15, -0.1) is 11.3 Å². The van der Waals surface area contributed by atoms with Crippen LogP contribution >= 0.6 is 11.3 Å². The number of nitrogens with zero attached hydrogens (tertiary/aromatic N) is 3. The fraction of sp³-hybridized carbons (Fsp3) is 0.333. The molecule has 0 bridgehead atoms. The van der Waals surface area contributed by atoms with Crippen molar-refractivity contribution < 1.29 is 4.39 Å². The lowest BCUT2D eigenvalue weighted by atomic mass is 9.84. The highest BCUT2D eigenvalue weighted by molar-refractivity contribution is 7.15. The van der Waals surface area contributed by atoms with E-state index in [0.29, 0.717) is 19.0 Å². The molecule has 0 saturated carbocycles. The molecule has 0 fully saturated rings. The van der Waals surface area contributed by atoms with Crippen molar-refractivity contribution in [1.82, 2.24) is 20.0 Å². The van der Waals surface area contributed by atoms with Crippen molar-refractivity contribution in [3.63, 3.8) is 0 Å². The Hall–Kier alpha value is -2.41. The minimum atomic E-state index is -0.225. The van der Waals surface area contributed by atoms with Gasteiger partial charge in [0.05, 0.1) is 12.2 Å². The van der Waals surface area contributed by atoms with Crippen LogP contribution in [0.15, 0.2) is 47.0 Å². The maximum absolute atomic E-state index is 13.5. The van der Waals surface area contributed by atoms with Crippen LogP contribution in [0.25, 0.3) is 4.96 Å². The number of fused-ring (bicyclic) bond motifs is 1. The van der Waals surface area contributed by atoms with Gasteiger partial charge in [0.1, 0.15) is 5.82 Å². The van der Waals surface area contributed by atoms with Crippen LogP contribution in [0.3, 0.4) is 0 Å². The monoisotopic (exact) mass is 359 g/mol. The molecule has 0 unspecified atom stereocenters. The number of aliphatic imine (C=N–C) groups is 1. The molecule has 1 aromatic carbocycles. The highest BCUT2D eigenvalue weighted by Gasteiger charge is 2.21. The van der Waals surface area contributed by atoms with E-state index in [-0.39, 0.29) is 11.2 Å². The molecule has 5 nitrogen and oxygen atoms in total. The van der Waals surface area contributed by atoms with Crippen LogP contribution in [-0.4, -0.2) is 28.9 Å². The van der Waals surface area contributed by atoms with E-state index in [1.165, 1.54) is 6.07 Å². The first-order valence-electron chi connectivity index (χ1n) is 8.09. The lowest BCUT2D eigenvalue weighted by Crippen LogP contribution is -2.43. The van der Waals surface area contributed by atoms with E-state index in [1.54, 1.807) is 30.5 Å². The molecular weight excluding hydrogens is 337 g/mol. The van der Waals surface area contributed by atoms with Gasteiger partial charge in [0.25, 0.3) is 0 Å². The molecule has 0 amide bonds. The number of hydrogen-bond acceptors (Lipinski definition) is 3. The summed E-state index contributed by atoms with van der Waals surface area (Å²) >= 11 is 1.61. The molecule has 25 heavy (non-hydrogen) atoms. The number of hydrogen-bond donors (Lipinski definition) is 2. The minimum absolute atomic E-state index is 0.215. The molecule has 3 rings (SSSR count). The van der Waals surface area contributed by atoms with Gasteiger partial charge >= 0.3 is 0 Å². The topological polar surface area (TPSA) is 53.7 Å². The zero-order chi connectivity index (χ0) is 17.9. The summed E-state index contributed by atoms with van der Waals surface area (Å²) in [6, 6.07) is 6.72. The highest BCUT2D eigenvalue weighted by Crippen LogP contribution is 2.22. The molecule has 0 atom stereocenters. The number of thiazole rings is 1. The maximum atomic E-state index is 13.5. The van der Waals surface area contributed by atoms with Crippen LogP contribution in [0.4, 0.5) is 4.39 Å². The predicted molar refractivity (Wildman–Crippen MR) is 101 cm³/mol. The Labute approximate surface area is 150 Å². The van der Waals surface area contributed by atoms with Crippen LogP contribution in [0.2, 0.25) is 0 Å². The zero-order valence-electron chi connectivity index (χ0n) is 14.6. The van der Waals surface area contributed by atoms with Gasteiger partial charge in [-0.3, -0.25) is 9.39 Å². The van der Waals surface area contributed by atoms with Crippen molar-refractivity contribution in [2.45, 2.75) is 25.8 Å². The third-order valence-electron chi connectivity index (χ3n) is 4.11. The molecule has 2 N–H and O–H groups in total. The standard InChI is InChI=1S/C18H22FN5S/c1-18(2,13-5-4-6-14(19)9-13)12-22-16(20-3)21-10-15-11-24-7-8-25-17(24)23-15/h4-9,11H,10,12H2,1-3H3,(H2,20,21,22). The van der Waals surface area contributed by atoms with Crippen LogP contribution in [0.1, 0.15) is 25.1 Å². The summed E-state index contributed by atoms with van der Waals surface area (Å²) in [7, 11) is 1.73. The van der Waals surface area contributed by atoms with Gasteiger partial charge in [-0.2, -0.15) is 0 Å². The van der Waals surface area contributed by atoms with E-state index in [9.17, 15) is 4.39 Å². The Morgan fingerprint density at radius 3 is 2.92 bits per heavy atom. The molecule has 0 aliphatic heterocycles. The first-order chi connectivity index (χ1) is 12.0. The molecule has 2 heterocycles.